The molecular weight excluding hydrogens is 369 g/mol. The zero-order chi connectivity index (χ0) is 15.0. The maximum absolute atomic E-state index is 6.43. The molecule has 4 heteroatoms. The first-order chi connectivity index (χ1) is 10.1. The average Bonchev–Trinajstić information content (AvgIpc) is 2.50. The highest BCUT2D eigenvalue weighted by atomic mass is 79.9. The minimum atomic E-state index is -0.252. The molecule has 0 saturated carbocycles. The number of halogens is 3. The molecule has 0 aliphatic carbocycles. The van der Waals surface area contributed by atoms with Gasteiger partial charge in [0.2, 0.25) is 0 Å². The Balaban J connectivity index is 2.15. The second kappa shape index (κ2) is 5.98. The van der Waals surface area contributed by atoms with Gasteiger partial charge in [-0.2, -0.15) is 0 Å². The van der Waals surface area contributed by atoms with E-state index in [-0.39, 0.29) is 6.04 Å². The summed E-state index contributed by atoms with van der Waals surface area (Å²) in [5, 5.41) is 3.46. The number of nitrogens with two attached hydrogens (primary N) is 1. The normalized spacial score (nSPS) is 12.6. The molecule has 106 valence electrons. The van der Waals surface area contributed by atoms with Gasteiger partial charge in [0.25, 0.3) is 0 Å². The summed E-state index contributed by atoms with van der Waals surface area (Å²) >= 11 is 15.8. The van der Waals surface area contributed by atoms with Gasteiger partial charge >= 0.3 is 0 Å². The average molecular weight is 381 g/mol. The molecule has 0 amide bonds. The summed E-state index contributed by atoms with van der Waals surface area (Å²) < 4.78 is 0.862. The summed E-state index contributed by atoms with van der Waals surface area (Å²) in [6, 6.07) is 17.4. The van der Waals surface area contributed by atoms with E-state index in [4.69, 9.17) is 28.9 Å². The third-order valence-electron chi connectivity index (χ3n) is 3.54. The Morgan fingerprint density at radius 3 is 2.29 bits per heavy atom. The molecule has 0 aromatic heterocycles. The van der Waals surface area contributed by atoms with E-state index in [0.717, 1.165) is 31.4 Å². The highest BCUT2D eigenvalue weighted by Gasteiger charge is 2.14. The molecule has 0 spiro atoms. The molecule has 3 aromatic rings. The van der Waals surface area contributed by atoms with Crippen LogP contribution in [-0.2, 0) is 0 Å². The van der Waals surface area contributed by atoms with Crippen LogP contribution in [0.3, 0.4) is 0 Å². The highest BCUT2D eigenvalue weighted by Crippen LogP contribution is 2.33. The minimum Gasteiger partial charge on any atom is -0.320 e. The molecule has 0 heterocycles. The van der Waals surface area contributed by atoms with Crippen molar-refractivity contribution in [2.24, 2.45) is 5.73 Å². The lowest BCUT2D eigenvalue weighted by atomic mass is 9.94. The van der Waals surface area contributed by atoms with Gasteiger partial charge in [-0.1, -0.05) is 59.6 Å². The lowest BCUT2D eigenvalue weighted by molar-refractivity contribution is 0.880. The summed E-state index contributed by atoms with van der Waals surface area (Å²) in [5.41, 5.74) is 8.44. The third-order valence-corrected chi connectivity index (χ3v) is 5.10. The molecule has 0 radical (unpaired) electrons. The van der Waals surface area contributed by atoms with E-state index >= 15 is 0 Å². The molecule has 1 atom stereocenters. The Hall–Kier alpha value is -1.06. The molecule has 0 bridgehead atoms. The number of fused-ring (bicyclic) bond motifs is 1. The molecule has 0 aliphatic heterocycles. The summed E-state index contributed by atoms with van der Waals surface area (Å²) in [4.78, 5) is 0. The van der Waals surface area contributed by atoms with Crippen LogP contribution < -0.4 is 5.73 Å². The van der Waals surface area contributed by atoms with Crippen LogP contribution in [0.5, 0.6) is 0 Å². The van der Waals surface area contributed by atoms with E-state index in [1.807, 2.05) is 54.6 Å². The zero-order valence-electron chi connectivity index (χ0n) is 11.0. The summed E-state index contributed by atoms with van der Waals surface area (Å²) in [7, 11) is 0. The minimum absolute atomic E-state index is 0.252. The van der Waals surface area contributed by atoms with Crippen LogP contribution in [0, 0.1) is 0 Å². The molecule has 1 nitrogen and oxygen atoms in total. The van der Waals surface area contributed by atoms with Crippen LogP contribution in [0.2, 0.25) is 10.0 Å². The zero-order valence-corrected chi connectivity index (χ0v) is 14.1. The Morgan fingerprint density at radius 2 is 1.57 bits per heavy atom. The molecular formula is C17H12BrCl2N. The molecule has 21 heavy (non-hydrogen) atoms. The molecule has 0 saturated heterocycles. The largest absolute Gasteiger partial charge is 0.320 e. The Bertz CT molecular complexity index is 817. The number of hydrogen-bond acceptors (Lipinski definition) is 1. The van der Waals surface area contributed by atoms with Crippen molar-refractivity contribution in [3.8, 4) is 0 Å². The molecule has 2 N–H and O–H groups in total. The van der Waals surface area contributed by atoms with E-state index in [9.17, 15) is 0 Å². The molecule has 0 fully saturated rings. The van der Waals surface area contributed by atoms with Crippen LogP contribution in [0.1, 0.15) is 17.2 Å². The van der Waals surface area contributed by atoms with Crippen LogP contribution in [0.4, 0.5) is 0 Å². The Labute approximate surface area is 141 Å². The van der Waals surface area contributed by atoms with Crippen LogP contribution in [0.25, 0.3) is 10.8 Å². The molecule has 0 aliphatic rings. The van der Waals surface area contributed by atoms with E-state index in [0.29, 0.717) is 5.02 Å². The second-order valence-electron chi connectivity index (χ2n) is 4.83. The Kier molecular flexibility index (Phi) is 4.23. The maximum atomic E-state index is 6.43. The van der Waals surface area contributed by atoms with Crippen molar-refractivity contribution >= 4 is 49.9 Å². The standard InChI is InChI=1S/C17H12BrCl2N/c18-14-7-5-10(9-16(14)20)17(21)13-6-8-15(19)12-4-2-1-3-11(12)13/h1-9,17H,21H2. The van der Waals surface area contributed by atoms with Gasteiger partial charge in [-0.3, -0.25) is 0 Å². The highest BCUT2D eigenvalue weighted by molar-refractivity contribution is 9.10. The van der Waals surface area contributed by atoms with Gasteiger partial charge in [0.15, 0.2) is 0 Å². The van der Waals surface area contributed by atoms with Crippen molar-refractivity contribution in [2.75, 3.05) is 0 Å². The predicted molar refractivity (Wildman–Crippen MR) is 94.1 cm³/mol. The van der Waals surface area contributed by atoms with Crippen molar-refractivity contribution in [2.45, 2.75) is 6.04 Å². The SMILES string of the molecule is NC(c1ccc(Br)c(Cl)c1)c1ccc(Cl)c2ccccc12. The third kappa shape index (κ3) is 2.82. The van der Waals surface area contributed by atoms with Crippen molar-refractivity contribution in [3.05, 3.63) is 80.2 Å². The van der Waals surface area contributed by atoms with Crippen LogP contribution in [-0.4, -0.2) is 0 Å². The van der Waals surface area contributed by atoms with Crippen molar-refractivity contribution in [3.63, 3.8) is 0 Å². The van der Waals surface area contributed by atoms with Gasteiger partial charge in [-0.15, -0.1) is 0 Å². The van der Waals surface area contributed by atoms with E-state index in [1.54, 1.807) is 0 Å². The van der Waals surface area contributed by atoms with Crippen molar-refractivity contribution in [1.82, 2.24) is 0 Å². The summed E-state index contributed by atoms with van der Waals surface area (Å²) in [6.07, 6.45) is 0. The van der Waals surface area contributed by atoms with Gasteiger partial charge in [0.05, 0.1) is 11.1 Å². The van der Waals surface area contributed by atoms with E-state index in [2.05, 4.69) is 15.9 Å². The molecule has 3 rings (SSSR count). The van der Waals surface area contributed by atoms with E-state index in [1.165, 1.54) is 0 Å². The van der Waals surface area contributed by atoms with Crippen molar-refractivity contribution < 1.29 is 0 Å². The first-order valence-corrected chi connectivity index (χ1v) is 8.00. The summed E-state index contributed by atoms with van der Waals surface area (Å²) in [5.74, 6) is 0. The number of hydrogen-bond donors (Lipinski definition) is 1. The predicted octanol–water partition coefficient (Wildman–Crippen LogP) is 5.96. The van der Waals surface area contributed by atoms with Gasteiger partial charge in [0, 0.05) is 14.9 Å². The van der Waals surface area contributed by atoms with Gasteiger partial charge in [0.1, 0.15) is 0 Å². The molecule has 3 aromatic carbocycles. The van der Waals surface area contributed by atoms with Crippen LogP contribution >= 0.6 is 39.1 Å². The topological polar surface area (TPSA) is 26.0 Å². The Morgan fingerprint density at radius 1 is 0.857 bits per heavy atom. The molecule has 1 unspecified atom stereocenters. The lowest BCUT2D eigenvalue weighted by Gasteiger charge is -2.16. The number of benzene rings is 3. The van der Waals surface area contributed by atoms with Crippen molar-refractivity contribution in [1.29, 1.82) is 0 Å². The quantitative estimate of drug-likeness (QED) is 0.583. The lowest BCUT2D eigenvalue weighted by Crippen LogP contribution is -2.12. The fourth-order valence-corrected chi connectivity index (χ4v) is 3.11. The fourth-order valence-electron chi connectivity index (χ4n) is 2.44. The fraction of sp³-hybridized carbons (Fsp3) is 0.0588. The first-order valence-electron chi connectivity index (χ1n) is 6.45. The maximum Gasteiger partial charge on any atom is 0.0558 e. The van der Waals surface area contributed by atoms with E-state index < -0.39 is 0 Å². The van der Waals surface area contributed by atoms with Gasteiger partial charge < -0.3 is 5.73 Å². The van der Waals surface area contributed by atoms with Gasteiger partial charge in [-0.25, -0.2) is 0 Å². The second-order valence-corrected chi connectivity index (χ2v) is 6.50. The summed E-state index contributed by atoms with van der Waals surface area (Å²) in [6.45, 7) is 0. The van der Waals surface area contributed by atoms with Crippen LogP contribution in [0.15, 0.2) is 59.1 Å². The monoisotopic (exact) mass is 379 g/mol. The van der Waals surface area contributed by atoms with Gasteiger partial charge in [-0.05, 0) is 50.6 Å². The first kappa shape index (κ1) is 14.9. The number of rotatable bonds is 2. The smallest absolute Gasteiger partial charge is 0.0558 e.